The van der Waals surface area contributed by atoms with Crippen LogP contribution in [-0.2, 0) is 0 Å². The molecule has 6 nitrogen and oxygen atoms in total. The smallest absolute Gasteiger partial charge is 0.368 e. The first-order valence-electron chi connectivity index (χ1n) is 9.48. The Kier molecular flexibility index (Phi) is 4.76. The monoisotopic (exact) mass is 393 g/mol. The number of piperidine rings is 1. The number of aromatic nitrogens is 3. The molecule has 0 aliphatic carbocycles. The normalized spacial score (nSPS) is 25.1. The molecule has 0 aromatic carbocycles. The molecule has 2 aliphatic rings. The molecule has 2 aromatic rings. The SMILES string of the molecule is C[C@@H]1C[C@H](C(F)(F)F)n2nc([C@H]3CCCCN3C(=O)c3ccncc3)cc2N1. The maximum Gasteiger partial charge on any atom is 0.410 e. The molecule has 2 aromatic heterocycles. The van der Waals surface area contributed by atoms with Crippen molar-refractivity contribution >= 4 is 11.7 Å². The summed E-state index contributed by atoms with van der Waals surface area (Å²) in [6, 6.07) is 2.67. The van der Waals surface area contributed by atoms with Crippen molar-refractivity contribution in [1.82, 2.24) is 19.7 Å². The van der Waals surface area contributed by atoms with Gasteiger partial charge in [0.25, 0.3) is 5.91 Å². The van der Waals surface area contributed by atoms with Crippen molar-refractivity contribution in [2.75, 3.05) is 11.9 Å². The van der Waals surface area contributed by atoms with E-state index in [1.54, 1.807) is 42.4 Å². The van der Waals surface area contributed by atoms with E-state index in [2.05, 4.69) is 15.4 Å². The highest BCUT2D eigenvalue weighted by molar-refractivity contribution is 5.94. The Hall–Kier alpha value is -2.58. The fourth-order valence-electron chi connectivity index (χ4n) is 4.08. The van der Waals surface area contributed by atoms with E-state index in [-0.39, 0.29) is 24.4 Å². The van der Waals surface area contributed by atoms with Gasteiger partial charge in [0.05, 0.1) is 11.7 Å². The van der Waals surface area contributed by atoms with Crippen LogP contribution in [0.15, 0.2) is 30.6 Å². The number of nitrogens with one attached hydrogen (secondary N) is 1. The molecule has 9 heteroatoms. The number of likely N-dealkylation sites (tertiary alicyclic amines) is 1. The third-order valence-electron chi connectivity index (χ3n) is 5.43. The van der Waals surface area contributed by atoms with Crippen molar-refractivity contribution in [2.45, 2.75) is 56.9 Å². The molecule has 0 unspecified atom stereocenters. The molecule has 1 fully saturated rings. The van der Waals surface area contributed by atoms with Crippen molar-refractivity contribution in [2.24, 2.45) is 0 Å². The summed E-state index contributed by atoms with van der Waals surface area (Å²) in [5.41, 5.74) is 1.03. The number of fused-ring (bicyclic) bond motifs is 1. The van der Waals surface area contributed by atoms with E-state index < -0.39 is 12.2 Å². The molecule has 4 heterocycles. The van der Waals surface area contributed by atoms with Crippen molar-refractivity contribution in [3.8, 4) is 0 Å². The summed E-state index contributed by atoms with van der Waals surface area (Å²) in [7, 11) is 0. The van der Waals surface area contributed by atoms with Crippen LogP contribution in [0.25, 0.3) is 0 Å². The standard InChI is InChI=1S/C19H22F3N5O/c1-12-10-16(19(20,21)22)27-17(24-12)11-14(25-27)15-4-2-3-9-26(15)18(28)13-5-7-23-8-6-13/h5-8,11-12,15-16,24H,2-4,9-10H2,1H3/t12-,15-,16-/m1/s1. The topological polar surface area (TPSA) is 63.1 Å². The summed E-state index contributed by atoms with van der Waals surface area (Å²) < 4.78 is 41.6. The lowest BCUT2D eigenvalue weighted by Crippen LogP contribution is -2.39. The van der Waals surface area contributed by atoms with Gasteiger partial charge in [-0.1, -0.05) is 0 Å². The number of hydrogen-bond acceptors (Lipinski definition) is 4. The quantitative estimate of drug-likeness (QED) is 0.839. The van der Waals surface area contributed by atoms with Crippen molar-refractivity contribution in [3.63, 3.8) is 0 Å². The highest BCUT2D eigenvalue weighted by atomic mass is 19.4. The predicted molar refractivity (Wildman–Crippen MR) is 96.9 cm³/mol. The molecule has 150 valence electrons. The second-order valence-corrected chi connectivity index (χ2v) is 7.48. The summed E-state index contributed by atoms with van der Waals surface area (Å²) in [5.74, 6) is 0.213. The number of nitrogens with zero attached hydrogens (tertiary/aromatic N) is 4. The van der Waals surface area contributed by atoms with Gasteiger partial charge in [0.2, 0.25) is 0 Å². The molecular formula is C19H22F3N5O. The number of carbonyl (C=O) groups excluding carboxylic acids is 1. The number of carbonyl (C=O) groups is 1. The first-order valence-corrected chi connectivity index (χ1v) is 9.48. The summed E-state index contributed by atoms with van der Waals surface area (Å²) in [5, 5.41) is 7.40. The first-order chi connectivity index (χ1) is 13.3. The van der Waals surface area contributed by atoms with Gasteiger partial charge in [-0.15, -0.1) is 0 Å². The average molecular weight is 393 g/mol. The lowest BCUT2D eigenvalue weighted by Gasteiger charge is -2.35. The Morgan fingerprint density at radius 2 is 2.00 bits per heavy atom. The molecular weight excluding hydrogens is 371 g/mol. The number of hydrogen-bond donors (Lipinski definition) is 1. The number of rotatable bonds is 2. The largest absolute Gasteiger partial charge is 0.410 e. The molecule has 28 heavy (non-hydrogen) atoms. The summed E-state index contributed by atoms with van der Waals surface area (Å²) in [6.07, 6.45) is 1.12. The first kappa shape index (κ1) is 18.8. The van der Waals surface area contributed by atoms with Gasteiger partial charge in [-0.05, 0) is 44.7 Å². The minimum absolute atomic E-state index is 0.0675. The Bertz CT molecular complexity index is 851. The van der Waals surface area contributed by atoms with Crippen LogP contribution < -0.4 is 5.32 Å². The molecule has 0 saturated carbocycles. The van der Waals surface area contributed by atoms with E-state index in [0.717, 1.165) is 17.5 Å². The number of anilines is 1. The number of amides is 1. The molecule has 0 bridgehead atoms. The zero-order valence-corrected chi connectivity index (χ0v) is 15.5. The van der Waals surface area contributed by atoms with E-state index in [1.165, 1.54) is 0 Å². The van der Waals surface area contributed by atoms with Crippen LogP contribution in [0.1, 0.15) is 60.7 Å². The van der Waals surface area contributed by atoms with Gasteiger partial charge in [-0.25, -0.2) is 4.68 Å². The van der Waals surface area contributed by atoms with Gasteiger partial charge in [-0.2, -0.15) is 18.3 Å². The summed E-state index contributed by atoms with van der Waals surface area (Å²) >= 11 is 0. The second-order valence-electron chi connectivity index (χ2n) is 7.48. The van der Waals surface area contributed by atoms with Crippen LogP contribution in [0.2, 0.25) is 0 Å². The average Bonchev–Trinajstić information content (AvgIpc) is 3.10. The fraction of sp³-hybridized carbons (Fsp3) is 0.526. The van der Waals surface area contributed by atoms with Gasteiger partial charge in [0.1, 0.15) is 5.82 Å². The van der Waals surface area contributed by atoms with Gasteiger partial charge < -0.3 is 10.2 Å². The van der Waals surface area contributed by atoms with Gasteiger partial charge in [-0.3, -0.25) is 9.78 Å². The maximum absolute atomic E-state index is 13.5. The predicted octanol–water partition coefficient (Wildman–Crippen LogP) is 3.95. The van der Waals surface area contributed by atoms with Crippen molar-refractivity contribution < 1.29 is 18.0 Å². The van der Waals surface area contributed by atoms with Crippen LogP contribution in [0.5, 0.6) is 0 Å². The fourth-order valence-corrected chi connectivity index (χ4v) is 4.08. The highest BCUT2D eigenvalue weighted by Gasteiger charge is 2.46. The van der Waals surface area contributed by atoms with Crippen LogP contribution in [0.4, 0.5) is 19.0 Å². The number of alkyl halides is 3. The number of halogens is 3. The molecule has 0 spiro atoms. The Morgan fingerprint density at radius 1 is 1.25 bits per heavy atom. The lowest BCUT2D eigenvalue weighted by molar-refractivity contribution is -0.173. The summed E-state index contributed by atoms with van der Waals surface area (Å²) in [6.45, 7) is 2.29. The Labute approximate surface area is 160 Å². The van der Waals surface area contributed by atoms with E-state index >= 15 is 0 Å². The van der Waals surface area contributed by atoms with Crippen LogP contribution in [-0.4, -0.2) is 44.3 Å². The van der Waals surface area contributed by atoms with Crippen molar-refractivity contribution in [1.29, 1.82) is 0 Å². The van der Waals surface area contributed by atoms with Gasteiger partial charge in [0.15, 0.2) is 6.04 Å². The zero-order valence-electron chi connectivity index (χ0n) is 15.5. The third kappa shape index (κ3) is 3.45. The highest BCUT2D eigenvalue weighted by Crippen LogP contribution is 2.41. The molecule has 0 radical (unpaired) electrons. The van der Waals surface area contributed by atoms with E-state index in [1.807, 2.05) is 0 Å². The van der Waals surface area contributed by atoms with E-state index in [9.17, 15) is 18.0 Å². The van der Waals surface area contributed by atoms with Crippen LogP contribution in [0, 0.1) is 0 Å². The van der Waals surface area contributed by atoms with Crippen LogP contribution in [0.3, 0.4) is 0 Å². The molecule has 1 amide bonds. The van der Waals surface area contributed by atoms with Gasteiger partial charge >= 0.3 is 6.18 Å². The minimum atomic E-state index is -4.37. The second kappa shape index (κ2) is 7.10. The minimum Gasteiger partial charge on any atom is -0.368 e. The molecule has 2 aliphatic heterocycles. The number of pyridine rings is 1. The molecule has 3 atom stereocenters. The van der Waals surface area contributed by atoms with Crippen LogP contribution >= 0.6 is 0 Å². The zero-order chi connectivity index (χ0) is 19.9. The third-order valence-corrected chi connectivity index (χ3v) is 5.43. The Morgan fingerprint density at radius 3 is 2.71 bits per heavy atom. The molecule has 1 N–H and O–H groups in total. The maximum atomic E-state index is 13.5. The molecule has 4 rings (SSSR count). The molecule has 1 saturated heterocycles. The Balaban J connectivity index is 1.67. The van der Waals surface area contributed by atoms with Gasteiger partial charge in [0, 0.05) is 36.6 Å². The summed E-state index contributed by atoms with van der Waals surface area (Å²) in [4.78, 5) is 18.6. The van der Waals surface area contributed by atoms with Crippen molar-refractivity contribution in [3.05, 3.63) is 41.9 Å². The van der Waals surface area contributed by atoms with E-state index in [4.69, 9.17) is 0 Å². The van der Waals surface area contributed by atoms with E-state index in [0.29, 0.717) is 30.0 Å². The lowest BCUT2D eigenvalue weighted by atomic mass is 9.98.